The summed E-state index contributed by atoms with van der Waals surface area (Å²) in [6.45, 7) is 11.6. The van der Waals surface area contributed by atoms with Gasteiger partial charge in [-0.2, -0.15) is 0 Å². The van der Waals surface area contributed by atoms with Crippen molar-refractivity contribution < 1.29 is 23.8 Å². The highest BCUT2D eigenvalue weighted by molar-refractivity contribution is 6.01. The van der Waals surface area contributed by atoms with Crippen LogP contribution in [0.1, 0.15) is 39.5 Å². The standard InChI is InChI=1S/C17H26O5/c1-11(2)7-8-14-17(15(18)20-5,16(19)21-6)10-9-13(22-14)12(3)4/h13-14H,1,3,7-10H2,2,4-6H3. The third-order valence-electron chi connectivity index (χ3n) is 4.16. The number of methoxy groups -OCH3 is 2. The lowest BCUT2D eigenvalue weighted by Gasteiger charge is -2.42. The number of allylic oxidation sites excluding steroid dienone is 1. The first kappa shape index (κ1) is 18.4. The normalized spacial score (nSPS) is 23.5. The predicted molar refractivity (Wildman–Crippen MR) is 83.2 cm³/mol. The molecule has 0 radical (unpaired) electrons. The first-order chi connectivity index (χ1) is 10.3. The summed E-state index contributed by atoms with van der Waals surface area (Å²) in [5.74, 6) is -1.21. The minimum absolute atomic E-state index is 0.169. The molecule has 0 aromatic carbocycles. The Kier molecular flexibility index (Phi) is 6.35. The van der Waals surface area contributed by atoms with Crippen molar-refractivity contribution in [2.75, 3.05) is 14.2 Å². The van der Waals surface area contributed by atoms with E-state index in [2.05, 4.69) is 13.2 Å². The SMILES string of the molecule is C=C(C)CCC1OC(C(=C)C)CCC1(C(=O)OC)C(=O)OC. The highest BCUT2D eigenvalue weighted by atomic mass is 16.6. The van der Waals surface area contributed by atoms with Crippen LogP contribution < -0.4 is 0 Å². The molecule has 22 heavy (non-hydrogen) atoms. The maximum atomic E-state index is 12.4. The van der Waals surface area contributed by atoms with Gasteiger partial charge < -0.3 is 14.2 Å². The van der Waals surface area contributed by atoms with Crippen molar-refractivity contribution in [2.24, 2.45) is 5.41 Å². The van der Waals surface area contributed by atoms with Crippen LogP contribution in [-0.4, -0.2) is 38.4 Å². The van der Waals surface area contributed by atoms with E-state index in [0.717, 1.165) is 11.1 Å². The molecule has 1 saturated heterocycles. The number of hydrogen-bond acceptors (Lipinski definition) is 5. The Morgan fingerprint density at radius 1 is 1.18 bits per heavy atom. The van der Waals surface area contributed by atoms with Crippen LogP contribution in [0.5, 0.6) is 0 Å². The molecular formula is C17H26O5. The minimum Gasteiger partial charge on any atom is -0.468 e. The molecule has 5 heteroatoms. The number of esters is 2. The molecule has 0 amide bonds. The highest BCUT2D eigenvalue weighted by Gasteiger charge is 2.57. The maximum Gasteiger partial charge on any atom is 0.325 e. The van der Waals surface area contributed by atoms with Gasteiger partial charge in [-0.25, -0.2) is 0 Å². The smallest absolute Gasteiger partial charge is 0.325 e. The third kappa shape index (κ3) is 3.58. The zero-order valence-electron chi connectivity index (χ0n) is 13.9. The first-order valence-electron chi connectivity index (χ1n) is 7.41. The number of rotatable bonds is 6. The van der Waals surface area contributed by atoms with E-state index in [1.54, 1.807) is 0 Å². The molecular weight excluding hydrogens is 284 g/mol. The second-order valence-electron chi connectivity index (χ2n) is 5.95. The molecule has 2 unspecified atom stereocenters. The van der Waals surface area contributed by atoms with E-state index < -0.39 is 23.5 Å². The zero-order valence-corrected chi connectivity index (χ0v) is 13.9. The van der Waals surface area contributed by atoms with Gasteiger partial charge in [0.15, 0.2) is 5.41 Å². The fraction of sp³-hybridized carbons (Fsp3) is 0.647. The van der Waals surface area contributed by atoms with Crippen LogP contribution in [0.3, 0.4) is 0 Å². The summed E-state index contributed by atoms with van der Waals surface area (Å²) in [6, 6.07) is 0. The first-order valence-corrected chi connectivity index (χ1v) is 7.41. The molecule has 0 aliphatic carbocycles. The van der Waals surface area contributed by atoms with E-state index in [0.29, 0.717) is 25.7 Å². The second kappa shape index (κ2) is 7.58. The van der Waals surface area contributed by atoms with Gasteiger partial charge in [0.1, 0.15) is 0 Å². The average Bonchev–Trinajstić information content (AvgIpc) is 2.50. The molecule has 0 spiro atoms. The molecule has 1 aliphatic heterocycles. The summed E-state index contributed by atoms with van der Waals surface area (Å²) in [5, 5.41) is 0. The van der Waals surface area contributed by atoms with Gasteiger partial charge in [-0.1, -0.05) is 17.7 Å². The Morgan fingerprint density at radius 2 is 1.73 bits per heavy atom. The van der Waals surface area contributed by atoms with Crippen LogP contribution in [0.25, 0.3) is 0 Å². The molecule has 0 aromatic rings. The van der Waals surface area contributed by atoms with E-state index in [-0.39, 0.29) is 6.10 Å². The molecule has 2 atom stereocenters. The topological polar surface area (TPSA) is 61.8 Å². The number of hydrogen-bond donors (Lipinski definition) is 0. The van der Waals surface area contributed by atoms with E-state index in [1.807, 2.05) is 13.8 Å². The molecule has 0 bridgehead atoms. The largest absolute Gasteiger partial charge is 0.468 e. The van der Waals surface area contributed by atoms with Crippen molar-refractivity contribution in [3.8, 4) is 0 Å². The van der Waals surface area contributed by atoms with E-state index in [4.69, 9.17) is 14.2 Å². The summed E-state index contributed by atoms with van der Waals surface area (Å²) in [5.41, 5.74) is 0.429. The lowest BCUT2D eigenvalue weighted by molar-refractivity contribution is -0.195. The van der Waals surface area contributed by atoms with Crippen LogP contribution in [-0.2, 0) is 23.8 Å². The van der Waals surface area contributed by atoms with Crippen molar-refractivity contribution in [1.82, 2.24) is 0 Å². The van der Waals surface area contributed by atoms with Crippen molar-refractivity contribution >= 4 is 11.9 Å². The zero-order chi connectivity index (χ0) is 16.9. The van der Waals surface area contributed by atoms with Crippen LogP contribution in [0.15, 0.2) is 24.3 Å². The van der Waals surface area contributed by atoms with Crippen LogP contribution in [0, 0.1) is 5.41 Å². The van der Waals surface area contributed by atoms with Gasteiger partial charge in [-0.05, 0) is 39.5 Å². The Hall–Kier alpha value is -1.62. The fourth-order valence-electron chi connectivity index (χ4n) is 2.87. The Balaban J connectivity index is 3.18. The number of carbonyl (C=O) groups excluding carboxylic acids is 2. The molecule has 1 heterocycles. The van der Waals surface area contributed by atoms with Crippen LogP contribution in [0.4, 0.5) is 0 Å². The molecule has 1 rings (SSSR count). The summed E-state index contributed by atoms with van der Waals surface area (Å²) in [6.07, 6.45) is 1.23. The molecule has 1 fully saturated rings. The van der Waals surface area contributed by atoms with Crippen molar-refractivity contribution in [1.29, 1.82) is 0 Å². The lowest BCUT2D eigenvalue weighted by atomic mass is 9.72. The summed E-state index contributed by atoms with van der Waals surface area (Å²) < 4.78 is 15.8. The predicted octanol–water partition coefficient (Wildman–Crippen LogP) is 2.80. The van der Waals surface area contributed by atoms with Gasteiger partial charge in [-0.15, -0.1) is 6.58 Å². The molecule has 0 saturated carbocycles. The Bertz CT molecular complexity index is 450. The Morgan fingerprint density at radius 3 is 2.14 bits per heavy atom. The van der Waals surface area contributed by atoms with Gasteiger partial charge in [0.2, 0.25) is 0 Å². The molecule has 5 nitrogen and oxygen atoms in total. The second-order valence-corrected chi connectivity index (χ2v) is 5.95. The molecule has 1 aliphatic rings. The molecule has 0 N–H and O–H groups in total. The van der Waals surface area contributed by atoms with E-state index in [9.17, 15) is 9.59 Å². The van der Waals surface area contributed by atoms with Crippen LogP contribution in [0.2, 0.25) is 0 Å². The summed E-state index contributed by atoms with van der Waals surface area (Å²) in [7, 11) is 2.54. The minimum atomic E-state index is -1.41. The monoisotopic (exact) mass is 310 g/mol. The molecule has 124 valence electrons. The van der Waals surface area contributed by atoms with E-state index in [1.165, 1.54) is 14.2 Å². The number of carbonyl (C=O) groups is 2. The lowest BCUT2D eigenvalue weighted by Crippen LogP contribution is -2.55. The van der Waals surface area contributed by atoms with Gasteiger partial charge >= 0.3 is 11.9 Å². The maximum absolute atomic E-state index is 12.4. The van der Waals surface area contributed by atoms with Gasteiger partial charge in [0, 0.05) is 0 Å². The van der Waals surface area contributed by atoms with Gasteiger partial charge in [0.05, 0.1) is 26.4 Å². The van der Waals surface area contributed by atoms with Gasteiger partial charge in [-0.3, -0.25) is 9.59 Å². The number of ether oxygens (including phenoxy) is 3. The van der Waals surface area contributed by atoms with Crippen molar-refractivity contribution in [3.05, 3.63) is 24.3 Å². The quantitative estimate of drug-likeness (QED) is 0.429. The summed E-state index contributed by atoms with van der Waals surface area (Å²) in [4.78, 5) is 24.7. The average molecular weight is 310 g/mol. The fourth-order valence-corrected chi connectivity index (χ4v) is 2.87. The van der Waals surface area contributed by atoms with Crippen LogP contribution >= 0.6 is 0 Å². The van der Waals surface area contributed by atoms with Crippen molar-refractivity contribution in [3.63, 3.8) is 0 Å². The van der Waals surface area contributed by atoms with Gasteiger partial charge in [0.25, 0.3) is 0 Å². The van der Waals surface area contributed by atoms with Crippen molar-refractivity contribution in [2.45, 2.75) is 51.7 Å². The molecule has 0 aromatic heterocycles. The van der Waals surface area contributed by atoms with E-state index >= 15 is 0 Å². The summed E-state index contributed by atoms with van der Waals surface area (Å²) >= 11 is 0. The third-order valence-corrected chi connectivity index (χ3v) is 4.16. The highest BCUT2D eigenvalue weighted by Crippen LogP contribution is 2.42. The Labute approximate surface area is 132 Å².